The summed E-state index contributed by atoms with van der Waals surface area (Å²) in [6, 6.07) is 4.12. The number of aryl methyl sites for hydroxylation is 2. The summed E-state index contributed by atoms with van der Waals surface area (Å²) in [6.07, 6.45) is 6.98. The summed E-state index contributed by atoms with van der Waals surface area (Å²) in [7, 11) is 2.06. The molecule has 1 unspecified atom stereocenters. The van der Waals surface area contributed by atoms with E-state index in [2.05, 4.69) is 44.8 Å². The number of hydrogen-bond acceptors (Lipinski definition) is 4. The van der Waals surface area contributed by atoms with Crippen LogP contribution in [0.5, 0.6) is 0 Å². The van der Waals surface area contributed by atoms with E-state index >= 15 is 0 Å². The number of nitrogens with zero attached hydrogens (tertiary/aromatic N) is 4. The number of anilines is 1. The van der Waals surface area contributed by atoms with Crippen molar-refractivity contribution in [3.63, 3.8) is 0 Å². The van der Waals surface area contributed by atoms with Crippen LogP contribution in [0.1, 0.15) is 17.8 Å². The zero-order valence-electron chi connectivity index (χ0n) is 12.8. The van der Waals surface area contributed by atoms with Crippen LogP contribution in [0.2, 0.25) is 0 Å². The van der Waals surface area contributed by atoms with Gasteiger partial charge in [-0.25, -0.2) is 9.97 Å². The van der Waals surface area contributed by atoms with Crippen molar-refractivity contribution in [1.29, 1.82) is 0 Å². The Bertz CT molecular complexity index is 592. The molecule has 3 rings (SSSR count). The molecule has 0 bridgehead atoms. The summed E-state index contributed by atoms with van der Waals surface area (Å²) in [6.45, 7) is 6.32. The van der Waals surface area contributed by atoms with Crippen LogP contribution in [0.25, 0.3) is 0 Å². The second-order valence-corrected chi connectivity index (χ2v) is 5.94. The van der Waals surface area contributed by atoms with Crippen molar-refractivity contribution in [1.82, 2.24) is 19.4 Å². The van der Waals surface area contributed by atoms with Gasteiger partial charge in [0.05, 0.1) is 6.54 Å². The Hall–Kier alpha value is -1.88. The molecule has 1 atom stereocenters. The molecule has 3 heterocycles. The Morgan fingerprint density at radius 3 is 3.00 bits per heavy atom. The fourth-order valence-corrected chi connectivity index (χ4v) is 2.85. The molecule has 21 heavy (non-hydrogen) atoms. The number of imidazole rings is 1. The smallest absolute Gasteiger partial charge is 0.126 e. The van der Waals surface area contributed by atoms with E-state index < -0.39 is 0 Å². The maximum atomic E-state index is 4.40. The topological polar surface area (TPSA) is 46.0 Å². The Kier molecular flexibility index (Phi) is 4.20. The monoisotopic (exact) mass is 285 g/mol. The van der Waals surface area contributed by atoms with Gasteiger partial charge in [0.25, 0.3) is 0 Å². The van der Waals surface area contributed by atoms with Crippen molar-refractivity contribution in [3.05, 3.63) is 42.1 Å². The lowest BCUT2D eigenvalue weighted by atomic mass is 10.1. The molecule has 1 N–H and O–H groups in total. The Labute approximate surface area is 126 Å². The minimum Gasteiger partial charge on any atom is -0.370 e. The van der Waals surface area contributed by atoms with Crippen LogP contribution in [-0.2, 0) is 13.6 Å². The summed E-state index contributed by atoms with van der Waals surface area (Å²) < 4.78 is 2.10. The van der Waals surface area contributed by atoms with Crippen LogP contribution < -0.4 is 5.32 Å². The first-order chi connectivity index (χ1) is 10.2. The highest BCUT2D eigenvalue weighted by molar-refractivity contribution is 5.36. The summed E-state index contributed by atoms with van der Waals surface area (Å²) in [5, 5.41) is 3.46. The highest BCUT2D eigenvalue weighted by Gasteiger charge is 2.23. The molecule has 2 aromatic heterocycles. The van der Waals surface area contributed by atoms with Gasteiger partial charge in [-0.2, -0.15) is 0 Å². The third-order valence-electron chi connectivity index (χ3n) is 4.14. The molecular formula is C16H23N5. The second-order valence-electron chi connectivity index (χ2n) is 5.94. The summed E-state index contributed by atoms with van der Waals surface area (Å²) >= 11 is 0. The average molecular weight is 285 g/mol. The standard InChI is InChI=1S/C16H23N5/c1-13-3-5-17-15(9-13)19-10-14-4-7-21(11-14)12-16-18-6-8-20(16)2/h3,5-6,8-9,14H,4,7,10-12H2,1-2H3,(H,17,19). The normalized spacial score (nSPS) is 19.0. The molecule has 0 spiro atoms. The number of likely N-dealkylation sites (tertiary alicyclic amines) is 1. The zero-order chi connectivity index (χ0) is 14.7. The van der Waals surface area contributed by atoms with Crippen LogP contribution in [0.15, 0.2) is 30.7 Å². The first-order valence-electron chi connectivity index (χ1n) is 7.56. The van der Waals surface area contributed by atoms with E-state index in [0.717, 1.165) is 37.8 Å². The number of hydrogen-bond donors (Lipinski definition) is 1. The number of nitrogens with one attached hydrogen (secondary N) is 1. The van der Waals surface area contributed by atoms with E-state index in [0.29, 0.717) is 5.92 Å². The van der Waals surface area contributed by atoms with E-state index in [1.54, 1.807) is 0 Å². The number of aromatic nitrogens is 3. The SMILES string of the molecule is Cc1ccnc(NCC2CCN(Cc3nccn3C)C2)c1. The van der Waals surface area contributed by atoms with Crippen molar-refractivity contribution in [2.24, 2.45) is 13.0 Å². The van der Waals surface area contributed by atoms with Crippen molar-refractivity contribution >= 4 is 5.82 Å². The Morgan fingerprint density at radius 1 is 1.33 bits per heavy atom. The summed E-state index contributed by atoms with van der Waals surface area (Å²) in [4.78, 5) is 11.2. The van der Waals surface area contributed by atoms with Gasteiger partial charge >= 0.3 is 0 Å². The molecule has 1 aliphatic rings. The summed E-state index contributed by atoms with van der Waals surface area (Å²) in [5.41, 5.74) is 1.25. The van der Waals surface area contributed by atoms with Crippen LogP contribution in [-0.4, -0.2) is 39.1 Å². The van der Waals surface area contributed by atoms with Crippen molar-refractivity contribution in [2.45, 2.75) is 19.9 Å². The lowest BCUT2D eigenvalue weighted by Gasteiger charge is -2.16. The van der Waals surface area contributed by atoms with Crippen molar-refractivity contribution < 1.29 is 0 Å². The molecular weight excluding hydrogens is 262 g/mol. The first kappa shape index (κ1) is 14.1. The molecule has 2 aromatic rings. The molecule has 0 aromatic carbocycles. The van der Waals surface area contributed by atoms with Gasteiger partial charge in [-0.05, 0) is 43.5 Å². The average Bonchev–Trinajstić information content (AvgIpc) is 3.07. The van der Waals surface area contributed by atoms with E-state index in [1.807, 2.05) is 24.7 Å². The van der Waals surface area contributed by atoms with Gasteiger partial charge in [0, 0.05) is 38.7 Å². The predicted molar refractivity (Wildman–Crippen MR) is 84.1 cm³/mol. The molecule has 0 radical (unpaired) electrons. The van der Waals surface area contributed by atoms with Crippen molar-refractivity contribution in [2.75, 3.05) is 25.0 Å². The van der Waals surface area contributed by atoms with Gasteiger partial charge in [0.15, 0.2) is 0 Å². The fourth-order valence-electron chi connectivity index (χ4n) is 2.85. The molecule has 1 fully saturated rings. The molecule has 0 aliphatic carbocycles. The third kappa shape index (κ3) is 3.61. The van der Waals surface area contributed by atoms with Gasteiger partial charge in [-0.1, -0.05) is 0 Å². The number of rotatable bonds is 5. The minimum absolute atomic E-state index is 0.688. The van der Waals surface area contributed by atoms with Gasteiger partial charge in [0.1, 0.15) is 11.6 Å². The van der Waals surface area contributed by atoms with Crippen LogP contribution >= 0.6 is 0 Å². The van der Waals surface area contributed by atoms with Gasteiger partial charge in [-0.3, -0.25) is 4.90 Å². The quantitative estimate of drug-likeness (QED) is 0.913. The Morgan fingerprint density at radius 2 is 2.24 bits per heavy atom. The van der Waals surface area contributed by atoms with E-state index in [4.69, 9.17) is 0 Å². The fraction of sp³-hybridized carbons (Fsp3) is 0.500. The van der Waals surface area contributed by atoms with Crippen molar-refractivity contribution in [3.8, 4) is 0 Å². The van der Waals surface area contributed by atoms with Crippen LogP contribution in [0.3, 0.4) is 0 Å². The predicted octanol–water partition coefficient (Wildman–Crippen LogP) is 2.06. The molecule has 0 amide bonds. The molecule has 5 nitrogen and oxygen atoms in total. The molecule has 5 heteroatoms. The zero-order valence-corrected chi connectivity index (χ0v) is 12.8. The lowest BCUT2D eigenvalue weighted by molar-refractivity contribution is 0.307. The second kappa shape index (κ2) is 6.26. The minimum atomic E-state index is 0.688. The van der Waals surface area contributed by atoms with E-state index in [-0.39, 0.29) is 0 Å². The molecule has 1 aliphatic heterocycles. The van der Waals surface area contributed by atoms with Crippen LogP contribution in [0, 0.1) is 12.8 Å². The highest BCUT2D eigenvalue weighted by Crippen LogP contribution is 2.18. The third-order valence-corrected chi connectivity index (χ3v) is 4.14. The maximum absolute atomic E-state index is 4.40. The van der Waals surface area contributed by atoms with Gasteiger partial charge in [0.2, 0.25) is 0 Å². The van der Waals surface area contributed by atoms with Gasteiger partial charge < -0.3 is 9.88 Å². The van der Waals surface area contributed by atoms with E-state index in [9.17, 15) is 0 Å². The lowest BCUT2D eigenvalue weighted by Crippen LogP contribution is -2.24. The van der Waals surface area contributed by atoms with Gasteiger partial charge in [-0.15, -0.1) is 0 Å². The largest absolute Gasteiger partial charge is 0.370 e. The maximum Gasteiger partial charge on any atom is 0.126 e. The first-order valence-corrected chi connectivity index (χ1v) is 7.56. The molecule has 1 saturated heterocycles. The Balaban J connectivity index is 1.47. The molecule has 0 saturated carbocycles. The summed E-state index contributed by atoms with van der Waals surface area (Å²) in [5.74, 6) is 2.81. The highest BCUT2D eigenvalue weighted by atomic mass is 15.2. The molecule has 112 valence electrons. The van der Waals surface area contributed by atoms with E-state index in [1.165, 1.54) is 12.0 Å². The van der Waals surface area contributed by atoms with Crippen LogP contribution in [0.4, 0.5) is 5.82 Å². The number of pyridine rings is 1.